The molecule has 0 bridgehead atoms. The Morgan fingerprint density at radius 3 is 2.94 bits per heavy atom. The highest BCUT2D eigenvalue weighted by Crippen LogP contribution is 2.25. The van der Waals surface area contributed by atoms with Crippen LogP contribution in [0.3, 0.4) is 0 Å². The Morgan fingerprint density at radius 1 is 1.56 bits per heavy atom. The number of amides is 1. The van der Waals surface area contributed by atoms with E-state index >= 15 is 0 Å². The molecule has 0 aliphatic heterocycles. The van der Waals surface area contributed by atoms with E-state index in [1.54, 1.807) is 7.11 Å². The van der Waals surface area contributed by atoms with Crippen molar-refractivity contribution in [3.63, 3.8) is 0 Å². The molecule has 0 atom stereocenters. The Morgan fingerprint density at radius 2 is 2.31 bits per heavy atom. The maximum atomic E-state index is 11.1. The summed E-state index contributed by atoms with van der Waals surface area (Å²) < 4.78 is 8.81. The number of nitrogens with two attached hydrogens (primary N) is 2. The van der Waals surface area contributed by atoms with E-state index in [0.717, 1.165) is 37.5 Å². The second-order valence-corrected chi connectivity index (χ2v) is 4.04. The van der Waals surface area contributed by atoms with Gasteiger partial charge in [-0.1, -0.05) is 0 Å². The Labute approximate surface area is 98.1 Å². The smallest absolute Gasteiger partial charge is 0.255 e. The molecule has 0 saturated heterocycles. The normalized spacial score (nSPS) is 10.3. The molecule has 1 rings (SSSR count). The second kappa shape index (κ2) is 6.29. The van der Waals surface area contributed by atoms with Crippen molar-refractivity contribution in [3.05, 3.63) is 5.56 Å². The van der Waals surface area contributed by atoms with Gasteiger partial charge >= 0.3 is 0 Å². The average Bonchev–Trinajstić information content (AvgIpc) is 2.59. The zero-order chi connectivity index (χ0) is 12.0. The molecule has 0 fully saturated rings. The number of hydrogen-bond donors (Lipinski definition) is 3. The highest BCUT2D eigenvalue weighted by Gasteiger charge is 2.15. The van der Waals surface area contributed by atoms with Gasteiger partial charge < -0.3 is 21.5 Å². The minimum absolute atomic E-state index is 0.192. The van der Waals surface area contributed by atoms with Crippen LogP contribution in [-0.4, -0.2) is 30.5 Å². The van der Waals surface area contributed by atoms with Crippen molar-refractivity contribution in [2.45, 2.75) is 12.8 Å². The van der Waals surface area contributed by atoms with Gasteiger partial charge in [-0.2, -0.15) is 4.37 Å². The van der Waals surface area contributed by atoms with E-state index in [-0.39, 0.29) is 11.4 Å². The fraction of sp³-hybridized carbons (Fsp3) is 0.556. The monoisotopic (exact) mass is 244 g/mol. The summed E-state index contributed by atoms with van der Waals surface area (Å²) in [6, 6.07) is 0. The Bertz CT molecular complexity index is 353. The molecule has 5 N–H and O–H groups in total. The lowest BCUT2D eigenvalue weighted by Crippen LogP contribution is -2.15. The largest absolute Gasteiger partial charge is 0.385 e. The molecule has 0 saturated carbocycles. The lowest BCUT2D eigenvalue weighted by Gasteiger charge is -2.04. The number of methoxy groups -OCH3 is 1. The number of anilines is 2. The van der Waals surface area contributed by atoms with Crippen LogP contribution in [0, 0.1) is 0 Å². The first kappa shape index (κ1) is 12.7. The summed E-state index contributed by atoms with van der Waals surface area (Å²) in [6.07, 6.45) is 1.91. The number of nitrogens with one attached hydrogen (secondary N) is 1. The minimum atomic E-state index is -0.550. The van der Waals surface area contributed by atoms with Gasteiger partial charge in [0.15, 0.2) is 5.82 Å². The van der Waals surface area contributed by atoms with E-state index in [2.05, 4.69) is 9.69 Å². The van der Waals surface area contributed by atoms with Crippen LogP contribution in [0.5, 0.6) is 0 Å². The molecule has 0 aromatic carbocycles. The van der Waals surface area contributed by atoms with Crippen molar-refractivity contribution in [2.24, 2.45) is 5.73 Å². The van der Waals surface area contributed by atoms with Crippen LogP contribution < -0.4 is 16.8 Å². The number of aromatic nitrogens is 1. The molecule has 1 aromatic heterocycles. The van der Waals surface area contributed by atoms with Gasteiger partial charge in [0.05, 0.1) is 0 Å². The van der Waals surface area contributed by atoms with Crippen molar-refractivity contribution in [3.8, 4) is 0 Å². The SMILES string of the molecule is COCCCCNc1snc(N)c1C(N)=O. The van der Waals surface area contributed by atoms with Crippen LogP contribution in [0.4, 0.5) is 10.8 Å². The standard InChI is InChI=1S/C9H16N4O2S/c1-15-5-3-2-4-12-9-6(8(11)14)7(10)13-16-9/h12H,2-5H2,1H3,(H2,10,13)(H2,11,14). The first-order chi connectivity index (χ1) is 7.66. The molecule has 1 aromatic rings. The summed E-state index contributed by atoms with van der Waals surface area (Å²) in [6.45, 7) is 1.47. The molecular weight excluding hydrogens is 228 g/mol. The number of primary amides is 1. The number of carbonyl (C=O) groups is 1. The van der Waals surface area contributed by atoms with Crippen LogP contribution >= 0.6 is 11.5 Å². The molecule has 1 heterocycles. The van der Waals surface area contributed by atoms with Crippen molar-refractivity contribution in [1.29, 1.82) is 0 Å². The molecule has 7 heteroatoms. The molecule has 16 heavy (non-hydrogen) atoms. The van der Waals surface area contributed by atoms with E-state index in [9.17, 15) is 4.79 Å². The predicted octanol–water partition coefficient (Wildman–Crippen LogP) is 0.663. The third-order valence-electron chi connectivity index (χ3n) is 2.03. The molecule has 6 nitrogen and oxygen atoms in total. The zero-order valence-electron chi connectivity index (χ0n) is 9.16. The first-order valence-electron chi connectivity index (χ1n) is 4.94. The quantitative estimate of drug-likeness (QED) is 0.611. The van der Waals surface area contributed by atoms with Gasteiger partial charge in [0.25, 0.3) is 5.91 Å². The number of ether oxygens (including phenoxy) is 1. The maximum absolute atomic E-state index is 11.1. The van der Waals surface area contributed by atoms with E-state index in [0.29, 0.717) is 5.00 Å². The summed E-state index contributed by atoms with van der Waals surface area (Å²) in [5.74, 6) is -0.359. The number of nitrogen functional groups attached to an aromatic ring is 1. The van der Waals surface area contributed by atoms with Gasteiger partial charge in [0.1, 0.15) is 10.6 Å². The first-order valence-corrected chi connectivity index (χ1v) is 5.72. The summed E-state index contributed by atoms with van der Waals surface area (Å²) in [4.78, 5) is 11.1. The zero-order valence-corrected chi connectivity index (χ0v) is 9.97. The van der Waals surface area contributed by atoms with Gasteiger partial charge in [-0.05, 0) is 24.4 Å². The van der Waals surface area contributed by atoms with Crippen LogP contribution in [0.2, 0.25) is 0 Å². The predicted molar refractivity (Wildman–Crippen MR) is 64.6 cm³/mol. The van der Waals surface area contributed by atoms with Gasteiger partial charge in [-0.15, -0.1) is 0 Å². The maximum Gasteiger partial charge on any atom is 0.255 e. The summed E-state index contributed by atoms with van der Waals surface area (Å²) >= 11 is 1.15. The van der Waals surface area contributed by atoms with E-state index in [1.165, 1.54) is 0 Å². The number of hydrogen-bond acceptors (Lipinski definition) is 6. The number of carbonyl (C=O) groups excluding carboxylic acids is 1. The molecule has 0 aliphatic rings. The number of nitrogens with zero attached hydrogens (tertiary/aromatic N) is 1. The van der Waals surface area contributed by atoms with Crippen molar-refractivity contribution >= 4 is 28.3 Å². The molecule has 0 spiro atoms. The Hall–Kier alpha value is -1.34. The van der Waals surface area contributed by atoms with Gasteiger partial charge in [0, 0.05) is 20.3 Å². The lowest BCUT2D eigenvalue weighted by molar-refractivity contribution is 0.100. The fourth-order valence-corrected chi connectivity index (χ4v) is 1.98. The van der Waals surface area contributed by atoms with E-state index in [4.69, 9.17) is 16.2 Å². The minimum Gasteiger partial charge on any atom is -0.385 e. The van der Waals surface area contributed by atoms with E-state index in [1.807, 2.05) is 0 Å². The average molecular weight is 244 g/mol. The van der Waals surface area contributed by atoms with Gasteiger partial charge in [-0.25, -0.2) is 0 Å². The molecule has 1 amide bonds. The molecule has 0 unspecified atom stereocenters. The van der Waals surface area contributed by atoms with Crippen LogP contribution in [0.15, 0.2) is 0 Å². The lowest BCUT2D eigenvalue weighted by atomic mass is 10.3. The third kappa shape index (κ3) is 3.35. The molecule has 0 aliphatic carbocycles. The van der Waals surface area contributed by atoms with Crippen LogP contribution in [0.1, 0.15) is 23.2 Å². The highest BCUT2D eigenvalue weighted by atomic mass is 32.1. The number of rotatable bonds is 7. The Kier molecular flexibility index (Phi) is 5.00. The van der Waals surface area contributed by atoms with Crippen LogP contribution in [-0.2, 0) is 4.74 Å². The summed E-state index contributed by atoms with van der Waals surface area (Å²) in [5, 5.41) is 3.74. The summed E-state index contributed by atoms with van der Waals surface area (Å²) in [7, 11) is 1.67. The Balaban J connectivity index is 2.45. The van der Waals surface area contributed by atoms with Crippen molar-refractivity contribution in [1.82, 2.24) is 4.37 Å². The van der Waals surface area contributed by atoms with Crippen molar-refractivity contribution in [2.75, 3.05) is 31.3 Å². The molecule has 90 valence electrons. The fourth-order valence-electron chi connectivity index (χ4n) is 1.23. The van der Waals surface area contributed by atoms with Crippen molar-refractivity contribution < 1.29 is 9.53 Å². The highest BCUT2D eigenvalue weighted by molar-refractivity contribution is 7.11. The van der Waals surface area contributed by atoms with E-state index < -0.39 is 5.91 Å². The second-order valence-electron chi connectivity index (χ2n) is 3.26. The van der Waals surface area contributed by atoms with Gasteiger partial charge in [0.2, 0.25) is 0 Å². The molecular formula is C9H16N4O2S. The van der Waals surface area contributed by atoms with Gasteiger partial charge in [-0.3, -0.25) is 4.79 Å². The topological polar surface area (TPSA) is 103 Å². The third-order valence-corrected chi connectivity index (χ3v) is 2.84. The number of unbranched alkanes of at least 4 members (excludes halogenated alkanes) is 1. The van der Waals surface area contributed by atoms with Crippen LogP contribution in [0.25, 0.3) is 0 Å². The summed E-state index contributed by atoms with van der Waals surface area (Å²) in [5.41, 5.74) is 11.0. The molecule has 0 radical (unpaired) electrons.